The number of aliphatic hydroxyl groups is 1. The Hall–Kier alpha value is -0.810. The van der Waals surface area contributed by atoms with E-state index < -0.39 is 6.10 Å². The number of hydrogen-bond acceptors (Lipinski definition) is 3. The van der Waals surface area contributed by atoms with Crippen molar-refractivity contribution in [2.24, 2.45) is 0 Å². The van der Waals surface area contributed by atoms with E-state index in [1.807, 2.05) is 41.5 Å². The van der Waals surface area contributed by atoms with Gasteiger partial charge in [-0.05, 0) is 54.9 Å². The van der Waals surface area contributed by atoms with E-state index >= 15 is 0 Å². The molecule has 2 N–H and O–H groups in total. The minimum Gasteiger partial charge on any atom is -0.392 e. The van der Waals surface area contributed by atoms with Gasteiger partial charge in [-0.15, -0.1) is 0 Å². The summed E-state index contributed by atoms with van der Waals surface area (Å²) in [5.41, 5.74) is -0.610. The second kappa shape index (κ2) is 5.90. The van der Waals surface area contributed by atoms with E-state index in [2.05, 4.69) is 5.32 Å². The summed E-state index contributed by atoms with van der Waals surface area (Å²) in [6.07, 6.45) is 0.249. The monoisotopic (exact) mass is 286 g/mol. The molecule has 2 atom stereocenters. The summed E-state index contributed by atoms with van der Waals surface area (Å²) in [7, 11) is 0. The molecule has 0 bridgehead atoms. The van der Waals surface area contributed by atoms with Crippen LogP contribution in [0.3, 0.4) is 0 Å². The first-order valence-electron chi connectivity index (χ1n) is 7.40. The third kappa shape index (κ3) is 4.35. The van der Waals surface area contributed by atoms with Crippen LogP contribution in [0.4, 0.5) is 4.79 Å². The van der Waals surface area contributed by atoms with Crippen molar-refractivity contribution in [3.05, 3.63) is 0 Å². The topological polar surface area (TPSA) is 61.8 Å². The van der Waals surface area contributed by atoms with Crippen LogP contribution in [0.1, 0.15) is 54.9 Å². The third-order valence-corrected chi connectivity index (χ3v) is 3.72. The predicted molar refractivity (Wildman–Crippen MR) is 79.7 cm³/mol. The van der Waals surface area contributed by atoms with Gasteiger partial charge in [0.05, 0.1) is 23.3 Å². The van der Waals surface area contributed by atoms with Crippen LogP contribution in [0.5, 0.6) is 0 Å². The second-order valence-electron chi connectivity index (χ2n) is 7.27. The highest BCUT2D eigenvalue weighted by atomic mass is 16.5. The molecule has 0 aromatic rings. The van der Waals surface area contributed by atoms with E-state index in [0.717, 1.165) is 6.42 Å². The molecule has 0 aliphatic carbocycles. The van der Waals surface area contributed by atoms with Crippen LogP contribution >= 0.6 is 0 Å². The molecule has 0 aromatic heterocycles. The molecule has 1 rings (SSSR count). The molecule has 2 unspecified atom stereocenters. The van der Waals surface area contributed by atoms with Crippen LogP contribution in [0, 0.1) is 0 Å². The van der Waals surface area contributed by atoms with Crippen molar-refractivity contribution in [3.8, 4) is 0 Å². The van der Waals surface area contributed by atoms with E-state index in [1.165, 1.54) is 0 Å². The number of aliphatic hydroxyl groups excluding tert-OH is 1. The highest BCUT2D eigenvalue weighted by molar-refractivity contribution is 5.75. The van der Waals surface area contributed by atoms with Crippen molar-refractivity contribution in [3.63, 3.8) is 0 Å². The second-order valence-corrected chi connectivity index (χ2v) is 7.27. The van der Waals surface area contributed by atoms with Crippen molar-refractivity contribution in [1.82, 2.24) is 10.2 Å². The molecule has 5 nitrogen and oxygen atoms in total. The van der Waals surface area contributed by atoms with Crippen molar-refractivity contribution in [1.29, 1.82) is 0 Å². The van der Waals surface area contributed by atoms with Crippen molar-refractivity contribution in [2.45, 2.75) is 84.3 Å². The zero-order chi connectivity index (χ0) is 15.7. The lowest BCUT2D eigenvalue weighted by Gasteiger charge is -2.32. The van der Waals surface area contributed by atoms with Gasteiger partial charge in [-0.1, -0.05) is 0 Å². The van der Waals surface area contributed by atoms with E-state index in [4.69, 9.17) is 4.74 Å². The maximum absolute atomic E-state index is 12.4. The van der Waals surface area contributed by atoms with Crippen LogP contribution in [-0.2, 0) is 4.74 Å². The summed E-state index contributed by atoms with van der Waals surface area (Å²) in [5, 5.41) is 12.6. The summed E-state index contributed by atoms with van der Waals surface area (Å²) >= 11 is 0. The Kier molecular flexibility index (Phi) is 5.08. The Morgan fingerprint density at radius 1 is 1.35 bits per heavy atom. The maximum atomic E-state index is 12.4. The number of nitrogens with zero attached hydrogens (tertiary/aromatic N) is 1. The van der Waals surface area contributed by atoms with E-state index in [0.29, 0.717) is 6.54 Å². The quantitative estimate of drug-likeness (QED) is 0.832. The lowest BCUT2D eigenvalue weighted by atomic mass is 9.94. The van der Waals surface area contributed by atoms with E-state index in [9.17, 15) is 9.90 Å². The Bertz CT molecular complexity index is 351. The fourth-order valence-corrected chi connectivity index (χ4v) is 2.83. The average molecular weight is 286 g/mol. The molecule has 0 spiro atoms. The number of urea groups is 1. The van der Waals surface area contributed by atoms with Gasteiger partial charge in [-0.2, -0.15) is 0 Å². The maximum Gasteiger partial charge on any atom is 0.318 e. The van der Waals surface area contributed by atoms with E-state index in [1.54, 1.807) is 11.8 Å². The standard InChI is InChI=1S/C15H30N2O3/c1-10(2)17(9-11(3)18)13(19)16-12-8-14(4,5)20-15(12,6)7/h10-12,18H,8-9H2,1-7H3,(H,16,19). The van der Waals surface area contributed by atoms with Crippen LogP contribution in [0.2, 0.25) is 0 Å². The van der Waals surface area contributed by atoms with Gasteiger partial charge in [0, 0.05) is 12.6 Å². The zero-order valence-corrected chi connectivity index (χ0v) is 13.9. The molecular weight excluding hydrogens is 256 g/mol. The molecule has 1 saturated heterocycles. The van der Waals surface area contributed by atoms with Crippen molar-refractivity contribution < 1.29 is 14.6 Å². The Balaban J connectivity index is 2.73. The van der Waals surface area contributed by atoms with Gasteiger partial charge >= 0.3 is 6.03 Å². The molecule has 20 heavy (non-hydrogen) atoms. The van der Waals surface area contributed by atoms with Gasteiger partial charge in [0.2, 0.25) is 0 Å². The molecule has 1 fully saturated rings. The number of rotatable bonds is 4. The fraction of sp³-hybridized carbons (Fsp3) is 0.933. The van der Waals surface area contributed by atoms with Gasteiger partial charge in [-0.3, -0.25) is 0 Å². The summed E-state index contributed by atoms with van der Waals surface area (Å²) in [5.74, 6) is 0. The van der Waals surface area contributed by atoms with E-state index in [-0.39, 0.29) is 29.3 Å². The smallest absolute Gasteiger partial charge is 0.318 e. The Morgan fingerprint density at radius 2 is 1.90 bits per heavy atom. The van der Waals surface area contributed by atoms with Crippen molar-refractivity contribution >= 4 is 6.03 Å². The SMILES string of the molecule is CC(O)CN(C(=O)NC1CC(C)(C)OC1(C)C)C(C)C. The number of hydrogen-bond donors (Lipinski definition) is 2. The Morgan fingerprint density at radius 3 is 2.25 bits per heavy atom. The van der Waals surface area contributed by atoms with Crippen LogP contribution in [-0.4, -0.2) is 52.0 Å². The molecular formula is C15H30N2O3. The fourth-order valence-electron chi connectivity index (χ4n) is 2.83. The highest BCUT2D eigenvalue weighted by Crippen LogP contribution is 2.37. The van der Waals surface area contributed by atoms with Gasteiger partial charge in [0.25, 0.3) is 0 Å². The lowest BCUT2D eigenvalue weighted by molar-refractivity contribution is -0.0693. The number of nitrogens with one attached hydrogen (secondary N) is 1. The molecule has 118 valence electrons. The first-order valence-corrected chi connectivity index (χ1v) is 7.40. The molecule has 1 heterocycles. The van der Waals surface area contributed by atoms with Crippen LogP contribution < -0.4 is 5.32 Å². The highest BCUT2D eigenvalue weighted by Gasteiger charge is 2.46. The summed E-state index contributed by atoms with van der Waals surface area (Å²) in [6, 6.07) is -0.122. The van der Waals surface area contributed by atoms with Gasteiger partial charge in [0.15, 0.2) is 0 Å². The lowest BCUT2D eigenvalue weighted by Crippen LogP contribution is -2.54. The van der Waals surface area contributed by atoms with Crippen molar-refractivity contribution in [2.75, 3.05) is 6.54 Å². The van der Waals surface area contributed by atoms with Gasteiger partial charge in [0.1, 0.15) is 0 Å². The zero-order valence-electron chi connectivity index (χ0n) is 13.9. The molecule has 2 amide bonds. The minimum absolute atomic E-state index is 0.0275. The number of amides is 2. The molecule has 0 saturated carbocycles. The molecule has 5 heteroatoms. The third-order valence-electron chi connectivity index (χ3n) is 3.72. The van der Waals surface area contributed by atoms with Gasteiger partial charge in [-0.25, -0.2) is 4.79 Å². The first kappa shape index (κ1) is 17.2. The largest absolute Gasteiger partial charge is 0.392 e. The van der Waals surface area contributed by atoms with Crippen LogP contribution in [0.25, 0.3) is 0 Å². The summed E-state index contributed by atoms with van der Waals surface area (Å²) in [6.45, 7) is 14.0. The molecule has 0 aromatic carbocycles. The first-order chi connectivity index (χ1) is 8.94. The molecule has 1 aliphatic rings. The summed E-state index contributed by atoms with van der Waals surface area (Å²) < 4.78 is 5.99. The van der Waals surface area contributed by atoms with Crippen LogP contribution in [0.15, 0.2) is 0 Å². The molecule has 1 aliphatic heterocycles. The normalized spacial score (nSPS) is 25.6. The van der Waals surface area contributed by atoms with Gasteiger partial charge < -0.3 is 20.1 Å². The number of carbonyl (C=O) groups is 1. The number of carbonyl (C=O) groups excluding carboxylic acids is 1. The minimum atomic E-state index is -0.535. The average Bonchev–Trinajstić information content (AvgIpc) is 2.42. The molecule has 0 radical (unpaired) electrons. The Labute approximate surface area is 122 Å². The predicted octanol–water partition coefficient (Wildman–Crippen LogP) is 2.13. The number of ether oxygens (including phenoxy) is 1. The summed E-state index contributed by atoms with van der Waals surface area (Å²) in [4.78, 5) is 14.1.